The maximum absolute atomic E-state index is 10.8. The number of pyridine rings is 1. The molecule has 5 nitrogen and oxygen atoms in total. The lowest BCUT2D eigenvalue weighted by atomic mass is 10.2. The van der Waals surface area contributed by atoms with Gasteiger partial charge in [0.2, 0.25) is 0 Å². The number of hydrogen-bond donors (Lipinski definition) is 2. The number of carbonyl (C=O) groups is 1. The summed E-state index contributed by atoms with van der Waals surface area (Å²) < 4.78 is 5.47. The minimum Gasteiger partial charge on any atom is -0.478 e. The molecule has 19 heavy (non-hydrogen) atoms. The Morgan fingerprint density at radius 3 is 2.79 bits per heavy atom. The van der Waals surface area contributed by atoms with Gasteiger partial charge in [0.15, 0.2) is 0 Å². The van der Waals surface area contributed by atoms with Gasteiger partial charge in [0.1, 0.15) is 5.82 Å². The SMILES string of the molecule is Cc1nc(NCCCOCC(C)C)ccc1C(=O)O. The number of aromatic nitrogens is 1. The standard InChI is InChI=1S/C14H22N2O3/c1-10(2)9-19-8-4-7-15-13-6-5-12(14(17)18)11(3)16-13/h5-6,10H,4,7-9H2,1-3H3,(H,15,16)(H,17,18). The van der Waals surface area contributed by atoms with E-state index < -0.39 is 5.97 Å². The molecule has 1 heterocycles. The van der Waals surface area contributed by atoms with Crippen LogP contribution in [0.25, 0.3) is 0 Å². The largest absolute Gasteiger partial charge is 0.478 e. The molecule has 0 radical (unpaired) electrons. The van der Waals surface area contributed by atoms with Gasteiger partial charge in [0.05, 0.1) is 11.3 Å². The maximum atomic E-state index is 10.8. The quantitative estimate of drug-likeness (QED) is 0.708. The minimum absolute atomic E-state index is 0.241. The normalized spacial score (nSPS) is 10.7. The lowest BCUT2D eigenvalue weighted by Gasteiger charge is -2.09. The number of nitrogens with one attached hydrogen (secondary N) is 1. The van der Waals surface area contributed by atoms with E-state index in [-0.39, 0.29) is 5.56 Å². The summed E-state index contributed by atoms with van der Waals surface area (Å²) in [6.07, 6.45) is 0.897. The molecular weight excluding hydrogens is 244 g/mol. The smallest absolute Gasteiger partial charge is 0.337 e. The van der Waals surface area contributed by atoms with Crippen molar-refractivity contribution in [3.8, 4) is 0 Å². The van der Waals surface area contributed by atoms with E-state index in [1.165, 1.54) is 0 Å². The lowest BCUT2D eigenvalue weighted by molar-refractivity contribution is 0.0695. The Balaban J connectivity index is 2.30. The second kappa shape index (κ2) is 7.74. The highest BCUT2D eigenvalue weighted by atomic mass is 16.5. The topological polar surface area (TPSA) is 71.5 Å². The Kier molecular flexibility index (Phi) is 6.29. The molecule has 0 aliphatic heterocycles. The van der Waals surface area contributed by atoms with Gasteiger partial charge in [-0.25, -0.2) is 9.78 Å². The van der Waals surface area contributed by atoms with E-state index in [0.29, 0.717) is 17.4 Å². The molecule has 0 aromatic carbocycles. The zero-order valence-electron chi connectivity index (χ0n) is 11.8. The van der Waals surface area contributed by atoms with Gasteiger partial charge in [-0.2, -0.15) is 0 Å². The highest BCUT2D eigenvalue weighted by Crippen LogP contribution is 2.10. The van der Waals surface area contributed by atoms with Gasteiger partial charge in [0.25, 0.3) is 0 Å². The van der Waals surface area contributed by atoms with Crippen LogP contribution in [-0.4, -0.2) is 35.8 Å². The van der Waals surface area contributed by atoms with Crippen molar-refractivity contribution in [2.45, 2.75) is 27.2 Å². The predicted octanol–water partition coefficient (Wildman–Crippen LogP) is 2.56. The number of rotatable bonds is 8. The van der Waals surface area contributed by atoms with Crippen LogP contribution in [0.3, 0.4) is 0 Å². The molecule has 0 bridgehead atoms. The molecule has 0 aliphatic rings. The second-order valence-electron chi connectivity index (χ2n) is 4.88. The van der Waals surface area contributed by atoms with E-state index in [1.807, 2.05) is 0 Å². The summed E-state index contributed by atoms with van der Waals surface area (Å²) in [4.78, 5) is 15.1. The Bertz CT molecular complexity index is 419. The van der Waals surface area contributed by atoms with Crippen molar-refractivity contribution >= 4 is 11.8 Å². The molecule has 5 heteroatoms. The van der Waals surface area contributed by atoms with Crippen LogP contribution in [-0.2, 0) is 4.74 Å². The first kappa shape index (κ1) is 15.4. The third-order valence-corrected chi connectivity index (χ3v) is 2.54. The van der Waals surface area contributed by atoms with Crippen LogP contribution in [0.2, 0.25) is 0 Å². The fourth-order valence-corrected chi connectivity index (χ4v) is 1.60. The van der Waals surface area contributed by atoms with Gasteiger partial charge in [-0.1, -0.05) is 13.8 Å². The van der Waals surface area contributed by atoms with Crippen LogP contribution in [0.5, 0.6) is 0 Å². The van der Waals surface area contributed by atoms with E-state index in [2.05, 4.69) is 24.1 Å². The van der Waals surface area contributed by atoms with Crippen molar-refractivity contribution in [3.63, 3.8) is 0 Å². The third-order valence-electron chi connectivity index (χ3n) is 2.54. The number of carboxylic acid groups (broad SMARTS) is 1. The van der Waals surface area contributed by atoms with E-state index in [1.54, 1.807) is 19.1 Å². The van der Waals surface area contributed by atoms with Crippen LogP contribution >= 0.6 is 0 Å². The molecule has 0 atom stereocenters. The molecular formula is C14H22N2O3. The Morgan fingerprint density at radius 2 is 2.21 bits per heavy atom. The summed E-state index contributed by atoms with van der Waals surface area (Å²) >= 11 is 0. The Labute approximate surface area is 114 Å². The minimum atomic E-state index is -0.946. The zero-order valence-corrected chi connectivity index (χ0v) is 11.8. The molecule has 1 aromatic heterocycles. The van der Waals surface area contributed by atoms with Crippen molar-refractivity contribution in [2.75, 3.05) is 25.1 Å². The van der Waals surface area contributed by atoms with Crippen molar-refractivity contribution < 1.29 is 14.6 Å². The van der Waals surface area contributed by atoms with Crippen molar-refractivity contribution in [3.05, 3.63) is 23.4 Å². The highest BCUT2D eigenvalue weighted by molar-refractivity contribution is 5.89. The monoisotopic (exact) mass is 266 g/mol. The Morgan fingerprint density at radius 1 is 1.47 bits per heavy atom. The predicted molar refractivity (Wildman–Crippen MR) is 74.7 cm³/mol. The van der Waals surface area contributed by atoms with Gasteiger partial charge in [-0.15, -0.1) is 0 Å². The van der Waals surface area contributed by atoms with Crippen LogP contribution < -0.4 is 5.32 Å². The first-order chi connectivity index (χ1) is 9.00. The van der Waals surface area contributed by atoms with Gasteiger partial charge < -0.3 is 15.2 Å². The van der Waals surface area contributed by atoms with Gasteiger partial charge in [-0.3, -0.25) is 0 Å². The summed E-state index contributed by atoms with van der Waals surface area (Å²) in [6.45, 7) is 8.20. The number of aromatic carboxylic acids is 1. The number of nitrogens with zero attached hydrogens (tertiary/aromatic N) is 1. The molecule has 0 amide bonds. The second-order valence-corrected chi connectivity index (χ2v) is 4.88. The molecule has 0 spiro atoms. The van der Waals surface area contributed by atoms with Gasteiger partial charge >= 0.3 is 5.97 Å². The molecule has 1 rings (SSSR count). The molecule has 1 aromatic rings. The van der Waals surface area contributed by atoms with Crippen molar-refractivity contribution in [2.24, 2.45) is 5.92 Å². The van der Waals surface area contributed by atoms with E-state index in [4.69, 9.17) is 9.84 Å². The van der Waals surface area contributed by atoms with Crippen LogP contribution in [0.15, 0.2) is 12.1 Å². The summed E-state index contributed by atoms with van der Waals surface area (Å²) in [6, 6.07) is 3.26. The summed E-state index contributed by atoms with van der Waals surface area (Å²) in [7, 11) is 0. The van der Waals surface area contributed by atoms with E-state index in [9.17, 15) is 4.79 Å². The average molecular weight is 266 g/mol. The molecule has 0 fully saturated rings. The van der Waals surface area contributed by atoms with Crippen molar-refractivity contribution in [1.82, 2.24) is 4.98 Å². The van der Waals surface area contributed by atoms with Gasteiger partial charge in [-0.05, 0) is 31.4 Å². The maximum Gasteiger partial charge on any atom is 0.337 e. The fourth-order valence-electron chi connectivity index (χ4n) is 1.60. The molecule has 0 aliphatic carbocycles. The van der Waals surface area contributed by atoms with Crippen LogP contribution in [0.4, 0.5) is 5.82 Å². The van der Waals surface area contributed by atoms with E-state index >= 15 is 0 Å². The average Bonchev–Trinajstić information content (AvgIpc) is 2.32. The van der Waals surface area contributed by atoms with Crippen LogP contribution in [0, 0.1) is 12.8 Å². The summed E-state index contributed by atoms with van der Waals surface area (Å²) in [5, 5.41) is 12.1. The molecule has 0 unspecified atom stereocenters. The number of hydrogen-bond acceptors (Lipinski definition) is 4. The first-order valence-electron chi connectivity index (χ1n) is 6.53. The van der Waals surface area contributed by atoms with Crippen molar-refractivity contribution in [1.29, 1.82) is 0 Å². The van der Waals surface area contributed by atoms with Crippen LogP contribution in [0.1, 0.15) is 36.3 Å². The van der Waals surface area contributed by atoms with Gasteiger partial charge in [0, 0.05) is 19.8 Å². The molecule has 0 saturated carbocycles. The van der Waals surface area contributed by atoms with E-state index in [0.717, 1.165) is 26.2 Å². The molecule has 106 valence electrons. The summed E-state index contributed by atoms with van der Waals surface area (Å²) in [5.41, 5.74) is 0.763. The highest BCUT2D eigenvalue weighted by Gasteiger charge is 2.08. The first-order valence-corrected chi connectivity index (χ1v) is 6.53. The number of ether oxygens (including phenoxy) is 1. The lowest BCUT2D eigenvalue weighted by Crippen LogP contribution is -2.10. The number of aryl methyl sites for hydroxylation is 1. The molecule has 2 N–H and O–H groups in total. The zero-order chi connectivity index (χ0) is 14.3. The fraction of sp³-hybridized carbons (Fsp3) is 0.571. The Hall–Kier alpha value is -1.62. The third kappa shape index (κ3) is 5.70. The number of anilines is 1. The number of carboxylic acids is 1. The summed E-state index contributed by atoms with van der Waals surface area (Å²) in [5.74, 6) is 0.311. The molecule has 0 saturated heterocycles.